The first-order valence-corrected chi connectivity index (χ1v) is 10.7. The number of aromatic nitrogens is 2. The lowest BCUT2D eigenvalue weighted by Crippen LogP contribution is -2.21. The number of hydrogen-bond acceptors (Lipinski definition) is 6. The van der Waals surface area contributed by atoms with Crippen LogP contribution in [-0.4, -0.2) is 10.2 Å². The molecule has 3 aromatic heterocycles. The van der Waals surface area contributed by atoms with E-state index in [4.69, 9.17) is 4.42 Å². The van der Waals surface area contributed by atoms with Gasteiger partial charge in [0.05, 0.1) is 17.5 Å². The summed E-state index contributed by atoms with van der Waals surface area (Å²) in [6.45, 7) is 4.82. The highest BCUT2D eigenvalue weighted by molar-refractivity contribution is 7.15. The highest BCUT2D eigenvalue weighted by Crippen LogP contribution is 2.31. The molecule has 1 N–H and O–H groups in total. The van der Waals surface area contributed by atoms with Crippen molar-refractivity contribution in [1.29, 1.82) is 0 Å². The van der Waals surface area contributed by atoms with E-state index in [0.717, 1.165) is 11.3 Å². The first-order chi connectivity index (χ1) is 13.2. The largest absolute Gasteiger partial charge is 0.419 e. The number of aryl methyl sites for hydroxylation is 2. The van der Waals surface area contributed by atoms with Crippen LogP contribution in [0.2, 0.25) is 0 Å². The second-order valence-electron chi connectivity index (χ2n) is 6.31. The highest BCUT2D eigenvalue weighted by atomic mass is 32.1. The summed E-state index contributed by atoms with van der Waals surface area (Å²) in [4.78, 5) is 3.67. The standard InChI is InChI=1S/C21H21N3OS2/c1-3-16-14(2)12-18(27-16)21-24-23-19(25-21)13-22-20(17-10-7-11-26-17)15-8-5-4-6-9-15/h4-12,20,22H,3,13H2,1-2H3. The number of benzene rings is 1. The quantitative estimate of drug-likeness (QED) is 0.442. The van der Waals surface area contributed by atoms with E-state index < -0.39 is 0 Å². The predicted octanol–water partition coefficient (Wildman–Crippen LogP) is 5.61. The molecule has 27 heavy (non-hydrogen) atoms. The minimum atomic E-state index is 0.109. The van der Waals surface area contributed by atoms with Crippen LogP contribution in [0.5, 0.6) is 0 Å². The molecule has 0 saturated carbocycles. The monoisotopic (exact) mass is 395 g/mol. The molecule has 0 fully saturated rings. The van der Waals surface area contributed by atoms with Gasteiger partial charge in [0.25, 0.3) is 5.89 Å². The molecule has 0 bridgehead atoms. The minimum Gasteiger partial charge on any atom is -0.419 e. The Balaban J connectivity index is 1.51. The second kappa shape index (κ2) is 8.17. The molecule has 1 aromatic carbocycles. The summed E-state index contributed by atoms with van der Waals surface area (Å²) in [5, 5.41) is 14.1. The van der Waals surface area contributed by atoms with Gasteiger partial charge >= 0.3 is 0 Å². The molecule has 0 aliphatic carbocycles. The number of thiophene rings is 2. The average molecular weight is 396 g/mol. The van der Waals surface area contributed by atoms with Crippen LogP contribution < -0.4 is 5.32 Å². The Morgan fingerprint density at radius 3 is 2.67 bits per heavy atom. The molecule has 3 heterocycles. The predicted molar refractivity (Wildman–Crippen MR) is 111 cm³/mol. The lowest BCUT2D eigenvalue weighted by atomic mass is 10.1. The molecular formula is C21H21N3OS2. The maximum atomic E-state index is 5.92. The number of hydrogen-bond donors (Lipinski definition) is 1. The molecule has 138 valence electrons. The maximum Gasteiger partial charge on any atom is 0.257 e. The summed E-state index contributed by atoms with van der Waals surface area (Å²) in [5.41, 5.74) is 2.51. The average Bonchev–Trinajstić information content (AvgIpc) is 3.43. The summed E-state index contributed by atoms with van der Waals surface area (Å²) in [6, 6.07) is 16.9. The zero-order valence-electron chi connectivity index (χ0n) is 15.3. The zero-order valence-corrected chi connectivity index (χ0v) is 16.9. The highest BCUT2D eigenvalue weighted by Gasteiger charge is 2.17. The third-order valence-electron chi connectivity index (χ3n) is 4.44. The Morgan fingerprint density at radius 2 is 1.96 bits per heavy atom. The third kappa shape index (κ3) is 4.03. The fourth-order valence-electron chi connectivity index (χ4n) is 3.07. The number of nitrogens with zero attached hydrogens (tertiary/aromatic N) is 2. The van der Waals surface area contributed by atoms with Crippen LogP contribution >= 0.6 is 22.7 Å². The molecule has 4 aromatic rings. The smallest absolute Gasteiger partial charge is 0.257 e. The third-order valence-corrected chi connectivity index (χ3v) is 6.74. The lowest BCUT2D eigenvalue weighted by Gasteiger charge is -2.16. The summed E-state index contributed by atoms with van der Waals surface area (Å²) in [5.74, 6) is 1.21. The topological polar surface area (TPSA) is 51.0 Å². The van der Waals surface area contributed by atoms with E-state index in [1.54, 1.807) is 22.7 Å². The van der Waals surface area contributed by atoms with E-state index >= 15 is 0 Å². The Hall–Kier alpha value is -2.28. The Kier molecular flexibility index (Phi) is 5.48. The van der Waals surface area contributed by atoms with Crippen molar-refractivity contribution in [3.05, 3.63) is 80.7 Å². The first-order valence-electron chi connectivity index (χ1n) is 8.98. The van der Waals surface area contributed by atoms with Crippen molar-refractivity contribution in [2.45, 2.75) is 32.9 Å². The molecule has 0 radical (unpaired) electrons. The number of rotatable bonds is 7. The molecule has 4 nitrogen and oxygen atoms in total. The van der Waals surface area contributed by atoms with Gasteiger partial charge in [-0.05, 0) is 42.0 Å². The van der Waals surface area contributed by atoms with Crippen LogP contribution in [0, 0.1) is 6.92 Å². The molecule has 0 amide bonds. The van der Waals surface area contributed by atoms with Crippen molar-refractivity contribution < 1.29 is 4.42 Å². The van der Waals surface area contributed by atoms with Gasteiger partial charge in [0, 0.05) is 9.75 Å². The Bertz CT molecular complexity index is 990. The molecule has 0 saturated heterocycles. The van der Waals surface area contributed by atoms with Gasteiger partial charge in [-0.15, -0.1) is 32.9 Å². The van der Waals surface area contributed by atoms with Crippen molar-refractivity contribution in [2.24, 2.45) is 0 Å². The van der Waals surface area contributed by atoms with Crippen molar-refractivity contribution in [3.63, 3.8) is 0 Å². The summed E-state index contributed by atoms with van der Waals surface area (Å²) >= 11 is 3.47. The van der Waals surface area contributed by atoms with Crippen LogP contribution in [-0.2, 0) is 13.0 Å². The maximum absolute atomic E-state index is 5.92. The van der Waals surface area contributed by atoms with E-state index in [1.165, 1.54) is 20.9 Å². The molecule has 6 heteroatoms. The summed E-state index contributed by atoms with van der Waals surface area (Å²) in [7, 11) is 0. The van der Waals surface area contributed by atoms with Crippen molar-refractivity contribution in [3.8, 4) is 10.8 Å². The molecule has 4 rings (SSSR count). The SMILES string of the molecule is CCc1sc(-c2nnc(CNC(c3ccccc3)c3cccs3)o2)cc1C. The van der Waals surface area contributed by atoms with Gasteiger partial charge < -0.3 is 4.42 Å². The van der Waals surface area contributed by atoms with Gasteiger partial charge in [-0.2, -0.15) is 0 Å². The van der Waals surface area contributed by atoms with Crippen LogP contribution in [0.15, 0.2) is 58.3 Å². The zero-order chi connectivity index (χ0) is 18.6. The summed E-state index contributed by atoms with van der Waals surface area (Å²) in [6.07, 6.45) is 1.03. The van der Waals surface area contributed by atoms with E-state index in [-0.39, 0.29) is 6.04 Å². The Labute approximate surface area is 166 Å². The number of nitrogens with one attached hydrogen (secondary N) is 1. The van der Waals surface area contributed by atoms with Crippen molar-refractivity contribution >= 4 is 22.7 Å². The van der Waals surface area contributed by atoms with Crippen LogP contribution in [0.1, 0.15) is 39.7 Å². The van der Waals surface area contributed by atoms with Crippen LogP contribution in [0.3, 0.4) is 0 Å². The van der Waals surface area contributed by atoms with E-state index in [0.29, 0.717) is 18.3 Å². The first kappa shape index (κ1) is 18.1. The van der Waals surface area contributed by atoms with Crippen LogP contribution in [0.4, 0.5) is 0 Å². The fraction of sp³-hybridized carbons (Fsp3) is 0.238. The molecule has 0 aliphatic rings. The molecule has 0 spiro atoms. The molecule has 1 atom stereocenters. The minimum absolute atomic E-state index is 0.109. The van der Waals surface area contributed by atoms with Gasteiger partial charge in [0.15, 0.2) is 0 Å². The van der Waals surface area contributed by atoms with Crippen LogP contribution in [0.25, 0.3) is 10.8 Å². The molecule has 0 aliphatic heterocycles. The van der Waals surface area contributed by atoms with E-state index in [2.05, 4.69) is 77.2 Å². The molecular weight excluding hydrogens is 374 g/mol. The summed E-state index contributed by atoms with van der Waals surface area (Å²) < 4.78 is 5.92. The lowest BCUT2D eigenvalue weighted by molar-refractivity contribution is 0.464. The van der Waals surface area contributed by atoms with Gasteiger partial charge in [-0.1, -0.05) is 43.3 Å². The second-order valence-corrected chi connectivity index (χ2v) is 8.43. The van der Waals surface area contributed by atoms with Crippen molar-refractivity contribution in [1.82, 2.24) is 15.5 Å². The van der Waals surface area contributed by atoms with Crippen molar-refractivity contribution in [2.75, 3.05) is 0 Å². The van der Waals surface area contributed by atoms with Gasteiger partial charge in [-0.25, -0.2) is 0 Å². The fourth-order valence-corrected chi connectivity index (χ4v) is 4.94. The van der Waals surface area contributed by atoms with Gasteiger partial charge in [0.1, 0.15) is 0 Å². The molecule has 1 unspecified atom stereocenters. The normalized spacial score (nSPS) is 12.4. The van der Waals surface area contributed by atoms with Gasteiger partial charge in [0.2, 0.25) is 5.89 Å². The van der Waals surface area contributed by atoms with E-state index in [9.17, 15) is 0 Å². The van der Waals surface area contributed by atoms with E-state index in [1.807, 2.05) is 6.07 Å². The van der Waals surface area contributed by atoms with Gasteiger partial charge in [-0.3, -0.25) is 5.32 Å². The Morgan fingerprint density at radius 1 is 1.11 bits per heavy atom.